The van der Waals surface area contributed by atoms with Crippen molar-refractivity contribution in [2.24, 2.45) is 18.9 Å². The molecule has 5 rings (SSSR count). The molecule has 2 aliphatic rings. The highest BCUT2D eigenvalue weighted by Gasteiger charge is 2.51. The molecule has 2 saturated carbocycles. The van der Waals surface area contributed by atoms with Crippen LogP contribution in [0.5, 0.6) is 0 Å². The Labute approximate surface area is 227 Å². The van der Waals surface area contributed by atoms with Crippen molar-refractivity contribution in [3.8, 4) is 0 Å². The maximum atomic E-state index is 12.6. The van der Waals surface area contributed by atoms with E-state index in [1.54, 1.807) is 0 Å². The van der Waals surface area contributed by atoms with Crippen LogP contribution in [0.1, 0.15) is 60.4 Å². The summed E-state index contributed by atoms with van der Waals surface area (Å²) in [5.74, 6) is 0.582. The molecule has 3 aromatic rings. The number of amides is 1. The van der Waals surface area contributed by atoms with Crippen LogP contribution in [0.2, 0.25) is 5.02 Å². The molecule has 3 N–H and O–H groups in total. The summed E-state index contributed by atoms with van der Waals surface area (Å²) in [5, 5.41) is 22.8. The van der Waals surface area contributed by atoms with Crippen LogP contribution in [0, 0.1) is 24.6 Å². The van der Waals surface area contributed by atoms with Gasteiger partial charge in [-0.05, 0) is 68.7 Å². The number of benzene rings is 1. The van der Waals surface area contributed by atoms with E-state index in [0.717, 1.165) is 24.7 Å². The lowest BCUT2D eigenvalue weighted by molar-refractivity contribution is -0.206. The Morgan fingerprint density at radius 1 is 1.18 bits per heavy atom. The number of rotatable bonds is 5. The number of alkyl halides is 3. The van der Waals surface area contributed by atoms with Crippen LogP contribution in [0.3, 0.4) is 0 Å². The number of aromatic nitrogens is 3. The molecule has 7 nitrogen and oxygen atoms in total. The number of imidazole rings is 1. The van der Waals surface area contributed by atoms with Gasteiger partial charge in [-0.15, -0.1) is 0 Å². The highest BCUT2D eigenvalue weighted by Crippen LogP contribution is 2.56. The molecule has 2 heterocycles. The highest BCUT2D eigenvalue weighted by atomic mass is 35.5. The average molecular weight is 569 g/mol. The SMILES string of the molecule is Cc1c(C2CC3CC(O)(c4ccc(C(O)C(F)(F)F)cn4)CC3C2)ncn1C.O=CNc1ccc(F)c(Cl)c1. The summed E-state index contributed by atoms with van der Waals surface area (Å²) in [6.07, 6.45) is -0.940. The molecule has 0 spiro atoms. The first-order valence-corrected chi connectivity index (χ1v) is 12.8. The van der Waals surface area contributed by atoms with E-state index >= 15 is 0 Å². The minimum Gasteiger partial charge on any atom is -0.384 e. The van der Waals surface area contributed by atoms with Crippen molar-refractivity contribution in [1.82, 2.24) is 14.5 Å². The van der Waals surface area contributed by atoms with Gasteiger partial charge < -0.3 is 20.1 Å². The molecular weight excluding hydrogens is 540 g/mol. The van der Waals surface area contributed by atoms with Crippen molar-refractivity contribution < 1.29 is 32.6 Å². The van der Waals surface area contributed by atoms with E-state index in [-0.39, 0.29) is 10.6 Å². The Hall–Kier alpha value is -3.02. The zero-order valence-corrected chi connectivity index (χ0v) is 22.0. The van der Waals surface area contributed by atoms with Crippen molar-refractivity contribution in [2.45, 2.75) is 56.4 Å². The fourth-order valence-corrected chi connectivity index (χ4v) is 5.87. The van der Waals surface area contributed by atoms with Gasteiger partial charge in [-0.3, -0.25) is 9.78 Å². The van der Waals surface area contributed by atoms with Crippen LogP contribution in [0.25, 0.3) is 0 Å². The molecular formula is C27H29ClF4N4O3. The van der Waals surface area contributed by atoms with Crippen molar-refractivity contribution in [2.75, 3.05) is 5.32 Å². The smallest absolute Gasteiger partial charge is 0.384 e. The van der Waals surface area contributed by atoms with Gasteiger partial charge in [0, 0.05) is 36.1 Å². The van der Waals surface area contributed by atoms with Gasteiger partial charge in [0.15, 0.2) is 6.10 Å². The molecule has 0 radical (unpaired) electrons. The van der Waals surface area contributed by atoms with Gasteiger partial charge in [-0.2, -0.15) is 13.2 Å². The van der Waals surface area contributed by atoms with Crippen molar-refractivity contribution in [1.29, 1.82) is 0 Å². The third kappa shape index (κ3) is 6.26. The predicted molar refractivity (Wildman–Crippen MR) is 136 cm³/mol. The van der Waals surface area contributed by atoms with Gasteiger partial charge in [-0.25, -0.2) is 9.37 Å². The zero-order valence-electron chi connectivity index (χ0n) is 21.3. The third-order valence-electron chi connectivity index (χ3n) is 7.73. The molecule has 3 unspecified atom stereocenters. The maximum Gasteiger partial charge on any atom is 0.418 e. The van der Waals surface area contributed by atoms with E-state index in [1.165, 1.54) is 36.0 Å². The van der Waals surface area contributed by atoms with Crippen LogP contribution in [-0.4, -0.2) is 37.3 Å². The number of aryl methyl sites for hydroxylation is 1. The molecule has 0 aliphatic heterocycles. The lowest BCUT2D eigenvalue weighted by Crippen LogP contribution is -2.25. The second-order valence-corrected chi connectivity index (χ2v) is 10.7. The Kier molecular flexibility index (Phi) is 8.34. The molecule has 2 aliphatic carbocycles. The fraction of sp³-hybridized carbons (Fsp3) is 0.444. The van der Waals surface area contributed by atoms with E-state index < -0.39 is 23.7 Å². The lowest BCUT2D eigenvalue weighted by Gasteiger charge is -2.25. The Morgan fingerprint density at radius 3 is 2.33 bits per heavy atom. The molecule has 0 bridgehead atoms. The number of halogens is 5. The average Bonchev–Trinajstić information content (AvgIpc) is 3.52. The van der Waals surface area contributed by atoms with E-state index in [9.17, 15) is 32.6 Å². The zero-order chi connectivity index (χ0) is 28.5. The van der Waals surface area contributed by atoms with Crippen molar-refractivity contribution in [3.63, 3.8) is 0 Å². The summed E-state index contributed by atoms with van der Waals surface area (Å²) in [5.41, 5.74) is 1.71. The van der Waals surface area contributed by atoms with E-state index in [1.807, 2.05) is 17.9 Å². The van der Waals surface area contributed by atoms with Gasteiger partial charge in [-0.1, -0.05) is 17.7 Å². The van der Waals surface area contributed by atoms with Gasteiger partial charge in [0.2, 0.25) is 6.41 Å². The molecule has 1 amide bonds. The third-order valence-corrected chi connectivity index (χ3v) is 8.02. The van der Waals surface area contributed by atoms with Gasteiger partial charge in [0.1, 0.15) is 11.4 Å². The molecule has 0 saturated heterocycles. The number of hydrogen-bond donors (Lipinski definition) is 3. The highest BCUT2D eigenvalue weighted by molar-refractivity contribution is 6.31. The summed E-state index contributed by atoms with van der Waals surface area (Å²) in [6, 6.07) is 6.56. The number of anilines is 1. The molecule has 2 aromatic heterocycles. The first kappa shape index (κ1) is 29.0. The second-order valence-electron chi connectivity index (χ2n) is 10.3. The number of nitrogens with zero attached hydrogens (tertiary/aromatic N) is 3. The van der Waals surface area contributed by atoms with Crippen LogP contribution in [-0.2, 0) is 17.4 Å². The summed E-state index contributed by atoms with van der Waals surface area (Å²) in [4.78, 5) is 18.5. The largest absolute Gasteiger partial charge is 0.418 e. The number of carbonyl (C=O) groups is 1. The van der Waals surface area contributed by atoms with Crippen LogP contribution in [0.15, 0.2) is 42.9 Å². The number of hydrogen-bond acceptors (Lipinski definition) is 5. The summed E-state index contributed by atoms with van der Waals surface area (Å²) in [7, 11) is 1.98. The minimum absolute atomic E-state index is 0.00292. The van der Waals surface area contributed by atoms with Crippen LogP contribution < -0.4 is 5.32 Å². The Bertz CT molecular complexity index is 1300. The minimum atomic E-state index is -4.73. The van der Waals surface area contributed by atoms with E-state index in [4.69, 9.17) is 11.6 Å². The molecule has 3 atom stereocenters. The summed E-state index contributed by atoms with van der Waals surface area (Å²) >= 11 is 5.42. The fourth-order valence-electron chi connectivity index (χ4n) is 5.69. The number of aliphatic hydroxyl groups is 2. The van der Waals surface area contributed by atoms with Gasteiger partial charge >= 0.3 is 6.18 Å². The van der Waals surface area contributed by atoms with Crippen molar-refractivity contribution in [3.05, 3.63) is 76.3 Å². The predicted octanol–water partition coefficient (Wildman–Crippen LogP) is 5.56. The van der Waals surface area contributed by atoms with Crippen molar-refractivity contribution >= 4 is 23.7 Å². The number of nitrogens with one attached hydrogen (secondary N) is 1. The quantitative estimate of drug-likeness (QED) is 0.276. The monoisotopic (exact) mass is 568 g/mol. The van der Waals surface area contributed by atoms with Gasteiger partial charge in [0.05, 0.1) is 22.7 Å². The lowest BCUT2D eigenvalue weighted by atomic mass is 9.89. The van der Waals surface area contributed by atoms with Gasteiger partial charge in [0.25, 0.3) is 0 Å². The van der Waals surface area contributed by atoms with E-state index in [0.29, 0.717) is 48.4 Å². The summed E-state index contributed by atoms with van der Waals surface area (Å²) in [6.45, 7) is 2.06. The normalized spacial score (nSPS) is 25.0. The Morgan fingerprint density at radius 2 is 1.85 bits per heavy atom. The molecule has 2 fully saturated rings. The molecule has 210 valence electrons. The van der Waals surface area contributed by atoms with E-state index in [2.05, 4.69) is 22.2 Å². The Balaban J connectivity index is 0.000000270. The first-order valence-electron chi connectivity index (χ1n) is 12.4. The molecule has 12 heteroatoms. The number of fused-ring (bicyclic) bond motifs is 1. The summed E-state index contributed by atoms with van der Waals surface area (Å²) < 4.78 is 52.4. The first-order chi connectivity index (χ1) is 18.3. The van der Waals surface area contributed by atoms with Crippen LogP contribution in [0.4, 0.5) is 23.2 Å². The standard InChI is InChI=1S/C20H24F3N3O2.C7H5ClFNO/c1-11-17(25-10-26(11)2)13-5-14-7-19(28,8-15(14)6-13)16-4-3-12(9-24-16)18(27)20(21,22)23;8-6-3-5(10-4-11)1-2-7(6)9/h3-4,9-10,13-15,18,27-28H,5-8H2,1-2H3;1-4H,(H,10,11). The number of pyridine rings is 1. The molecule has 39 heavy (non-hydrogen) atoms. The molecule has 1 aromatic carbocycles. The van der Waals surface area contributed by atoms with Crippen LogP contribution >= 0.6 is 11.6 Å². The second kappa shape index (κ2) is 11.2. The number of carbonyl (C=O) groups excluding carboxylic acids is 1. The topological polar surface area (TPSA) is 100 Å². The number of aliphatic hydroxyl groups excluding tert-OH is 1. The maximum absolute atomic E-state index is 12.6.